The van der Waals surface area contributed by atoms with Crippen LogP contribution in [-0.4, -0.2) is 20.2 Å². The average Bonchev–Trinajstić information content (AvgIpc) is 2.97. The van der Waals surface area contributed by atoms with Gasteiger partial charge in [0.15, 0.2) is 0 Å². The Balaban J connectivity index is 2.07. The third-order valence-electron chi connectivity index (χ3n) is 3.15. The molecule has 0 bridgehead atoms. The highest BCUT2D eigenvalue weighted by Gasteiger charge is 2.16. The standard InChI is InChI=1S/C15H14FN5/c1-10(17)14-12(16)8-5-9-13(14)21-19-15(18-20-21)11-6-3-2-4-7-11/h2-10H,17H2,1H3/t10-/m1/s1. The lowest BCUT2D eigenvalue weighted by Gasteiger charge is -2.11. The molecular weight excluding hydrogens is 269 g/mol. The maximum absolute atomic E-state index is 13.9. The monoisotopic (exact) mass is 283 g/mol. The zero-order chi connectivity index (χ0) is 14.8. The lowest BCUT2D eigenvalue weighted by molar-refractivity contribution is 0.583. The molecule has 0 radical (unpaired) electrons. The van der Waals surface area contributed by atoms with Crippen molar-refractivity contribution in [1.82, 2.24) is 20.2 Å². The van der Waals surface area contributed by atoms with Crippen molar-refractivity contribution < 1.29 is 4.39 Å². The van der Waals surface area contributed by atoms with Crippen molar-refractivity contribution in [3.05, 3.63) is 59.9 Å². The van der Waals surface area contributed by atoms with E-state index in [1.165, 1.54) is 10.9 Å². The minimum Gasteiger partial charge on any atom is -0.324 e. The highest BCUT2D eigenvalue weighted by atomic mass is 19.1. The number of halogens is 1. The fourth-order valence-corrected chi connectivity index (χ4v) is 2.17. The van der Waals surface area contributed by atoms with Crippen LogP contribution in [0.3, 0.4) is 0 Å². The van der Waals surface area contributed by atoms with Crippen LogP contribution in [-0.2, 0) is 0 Å². The van der Waals surface area contributed by atoms with Gasteiger partial charge in [0.25, 0.3) is 0 Å². The summed E-state index contributed by atoms with van der Waals surface area (Å²) in [7, 11) is 0. The molecule has 1 heterocycles. The smallest absolute Gasteiger partial charge is 0.205 e. The number of benzene rings is 2. The SMILES string of the molecule is C[C@@H](N)c1c(F)cccc1-n1nnc(-c2ccccc2)n1. The highest BCUT2D eigenvalue weighted by Crippen LogP contribution is 2.23. The Morgan fingerprint density at radius 3 is 2.57 bits per heavy atom. The van der Waals surface area contributed by atoms with Crippen LogP contribution in [0.25, 0.3) is 17.1 Å². The van der Waals surface area contributed by atoms with Crippen LogP contribution >= 0.6 is 0 Å². The normalized spacial score (nSPS) is 12.3. The molecule has 0 amide bonds. The quantitative estimate of drug-likeness (QED) is 0.801. The summed E-state index contributed by atoms with van der Waals surface area (Å²) in [5, 5.41) is 12.3. The molecule has 1 atom stereocenters. The third-order valence-corrected chi connectivity index (χ3v) is 3.15. The lowest BCUT2D eigenvalue weighted by atomic mass is 10.1. The zero-order valence-corrected chi connectivity index (χ0v) is 11.4. The molecule has 3 rings (SSSR count). The molecule has 0 saturated heterocycles. The van der Waals surface area contributed by atoms with Crippen molar-refractivity contribution in [3.63, 3.8) is 0 Å². The van der Waals surface area contributed by atoms with Crippen molar-refractivity contribution >= 4 is 0 Å². The molecule has 1 aromatic heterocycles. The Bertz CT molecular complexity index is 752. The van der Waals surface area contributed by atoms with Gasteiger partial charge in [-0.3, -0.25) is 0 Å². The van der Waals surface area contributed by atoms with Crippen LogP contribution in [0.2, 0.25) is 0 Å². The van der Waals surface area contributed by atoms with Crippen LogP contribution in [0, 0.1) is 5.82 Å². The van der Waals surface area contributed by atoms with Gasteiger partial charge in [0.2, 0.25) is 5.82 Å². The van der Waals surface area contributed by atoms with E-state index < -0.39 is 6.04 Å². The summed E-state index contributed by atoms with van der Waals surface area (Å²) in [6.07, 6.45) is 0. The molecule has 0 spiro atoms. The summed E-state index contributed by atoms with van der Waals surface area (Å²) in [5.41, 5.74) is 7.56. The van der Waals surface area contributed by atoms with Crippen LogP contribution in [0.5, 0.6) is 0 Å². The van der Waals surface area contributed by atoms with E-state index in [0.717, 1.165) is 5.56 Å². The average molecular weight is 283 g/mol. The topological polar surface area (TPSA) is 69.6 Å². The largest absolute Gasteiger partial charge is 0.324 e. The number of aromatic nitrogens is 4. The summed E-state index contributed by atoms with van der Waals surface area (Å²) in [4.78, 5) is 1.31. The van der Waals surface area contributed by atoms with E-state index in [-0.39, 0.29) is 5.82 Å². The van der Waals surface area contributed by atoms with Crippen molar-refractivity contribution in [2.24, 2.45) is 5.73 Å². The second kappa shape index (κ2) is 5.41. The third kappa shape index (κ3) is 2.53. The molecule has 0 aliphatic carbocycles. The molecule has 5 nitrogen and oxygen atoms in total. The van der Waals surface area contributed by atoms with Gasteiger partial charge in [0, 0.05) is 17.2 Å². The Labute approximate surface area is 121 Å². The maximum Gasteiger partial charge on any atom is 0.205 e. The van der Waals surface area contributed by atoms with Gasteiger partial charge in [-0.1, -0.05) is 36.4 Å². The first-order chi connectivity index (χ1) is 10.2. The lowest BCUT2D eigenvalue weighted by Crippen LogP contribution is -2.13. The van der Waals surface area contributed by atoms with Crippen molar-refractivity contribution in [2.75, 3.05) is 0 Å². The molecule has 0 unspecified atom stereocenters. The van der Waals surface area contributed by atoms with Gasteiger partial charge in [0.05, 0.1) is 5.69 Å². The predicted octanol–water partition coefficient (Wildman–Crippen LogP) is 2.49. The van der Waals surface area contributed by atoms with Gasteiger partial charge in [-0.15, -0.1) is 15.0 Å². The summed E-state index contributed by atoms with van der Waals surface area (Å²) >= 11 is 0. The number of nitrogens with two attached hydrogens (primary N) is 1. The molecule has 0 aliphatic heterocycles. The minimum absolute atomic E-state index is 0.370. The molecule has 2 aromatic carbocycles. The fraction of sp³-hybridized carbons (Fsp3) is 0.133. The minimum atomic E-state index is -0.465. The maximum atomic E-state index is 13.9. The molecule has 0 aliphatic rings. The van der Waals surface area contributed by atoms with E-state index in [1.54, 1.807) is 19.1 Å². The van der Waals surface area contributed by atoms with Crippen LogP contribution in [0.1, 0.15) is 18.5 Å². The second-order valence-electron chi connectivity index (χ2n) is 4.73. The molecule has 3 aromatic rings. The summed E-state index contributed by atoms with van der Waals surface area (Å²) in [6, 6.07) is 13.7. The summed E-state index contributed by atoms with van der Waals surface area (Å²) in [6.45, 7) is 1.72. The number of tetrazole rings is 1. The van der Waals surface area contributed by atoms with Gasteiger partial charge in [-0.25, -0.2) is 4.39 Å². The summed E-state index contributed by atoms with van der Waals surface area (Å²) < 4.78 is 13.9. The van der Waals surface area contributed by atoms with E-state index >= 15 is 0 Å². The molecule has 0 fully saturated rings. The van der Waals surface area contributed by atoms with E-state index in [0.29, 0.717) is 17.1 Å². The zero-order valence-electron chi connectivity index (χ0n) is 11.4. The first-order valence-corrected chi connectivity index (χ1v) is 6.56. The summed E-state index contributed by atoms with van der Waals surface area (Å²) in [5.74, 6) is 0.108. The number of hydrogen-bond donors (Lipinski definition) is 1. The number of nitrogens with zero attached hydrogens (tertiary/aromatic N) is 4. The van der Waals surface area contributed by atoms with E-state index in [9.17, 15) is 4.39 Å². The van der Waals surface area contributed by atoms with Crippen molar-refractivity contribution in [3.8, 4) is 17.1 Å². The van der Waals surface area contributed by atoms with Crippen molar-refractivity contribution in [1.29, 1.82) is 0 Å². The number of hydrogen-bond acceptors (Lipinski definition) is 4. The molecule has 6 heteroatoms. The van der Waals surface area contributed by atoms with Crippen LogP contribution in [0.4, 0.5) is 4.39 Å². The fourth-order valence-electron chi connectivity index (χ4n) is 2.17. The molecule has 2 N–H and O–H groups in total. The van der Waals surface area contributed by atoms with Gasteiger partial charge in [-0.2, -0.15) is 0 Å². The van der Waals surface area contributed by atoms with Gasteiger partial charge < -0.3 is 5.73 Å². The van der Waals surface area contributed by atoms with Gasteiger partial charge in [0.1, 0.15) is 5.82 Å². The van der Waals surface area contributed by atoms with Gasteiger partial charge in [-0.05, 0) is 24.3 Å². The van der Waals surface area contributed by atoms with E-state index in [2.05, 4.69) is 15.4 Å². The Morgan fingerprint density at radius 1 is 1.10 bits per heavy atom. The molecule has 21 heavy (non-hydrogen) atoms. The van der Waals surface area contributed by atoms with E-state index in [1.807, 2.05) is 30.3 Å². The number of rotatable bonds is 3. The Morgan fingerprint density at radius 2 is 1.86 bits per heavy atom. The highest BCUT2D eigenvalue weighted by molar-refractivity contribution is 5.53. The molecule has 0 saturated carbocycles. The molecular formula is C15H14FN5. The Kier molecular flexibility index (Phi) is 3.45. The predicted molar refractivity (Wildman–Crippen MR) is 77.2 cm³/mol. The van der Waals surface area contributed by atoms with E-state index in [4.69, 9.17) is 5.73 Å². The van der Waals surface area contributed by atoms with Crippen LogP contribution < -0.4 is 5.73 Å². The van der Waals surface area contributed by atoms with Crippen molar-refractivity contribution in [2.45, 2.75) is 13.0 Å². The first-order valence-electron chi connectivity index (χ1n) is 6.56. The molecule has 106 valence electrons. The first kappa shape index (κ1) is 13.4. The Hall–Kier alpha value is -2.60. The second-order valence-corrected chi connectivity index (χ2v) is 4.73. The van der Waals surface area contributed by atoms with Gasteiger partial charge >= 0.3 is 0 Å². The van der Waals surface area contributed by atoms with Crippen LogP contribution in [0.15, 0.2) is 48.5 Å².